The molecule has 0 spiro atoms. The Balaban J connectivity index is 1.56. The number of esters is 1. The Bertz CT molecular complexity index is 2000. The average molecular weight is 575 g/mol. The molecule has 7 nitrogen and oxygen atoms in total. The fraction of sp³-hybridized carbons (Fsp3) is 0.176. The third-order valence-corrected chi connectivity index (χ3v) is 8.27. The molecule has 210 valence electrons. The fourth-order valence-electron chi connectivity index (χ4n) is 5.14. The molecule has 0 radical (unpaired) electrons. The summed E-state index contributed by atoms with van der Waals surface area (Å²) in [7, 11) is 0. The van der Waals surface area contributed by atoms with Gasteiger partial charge in [0.15, 0.2) is 4.80 Å². The number of aryl methyl sites for hydroxylation is 2. The molecule has 0 amide bonds. The van der Waals surface area contributed by atoms with Crippen LogP contribution in [0.3, 0.4) is 0 Å². The van der Waals surface area contributed by atoms with Gasteiger partial charge in [-0.15, -0.1) is 0 Å². The quantitative estimate of drug-likeness (QED) is 0.259. The van der Waals surface area contributed by atoms with E-state index in [0.29, 0.717) is 20.6 Å². The minimum atomic E-state index is -0.647. The molecule has 0 N–H and O–H groups in total. The minimum absolute atomic E-state index is 0.221. The normalized spacial score (nSPS) is 15.0. The molecule has 0 unspecified atom stereocenters. The number of carbonyl (C=O) groups excluding carboxylic acids is 1. The van der Waals surface area contributed by atoms with Crippen molar-refractivity contribution in [3.05, 3.63) is 138 Å². The zero-order valence-electron chi connectivity index (χ0n) is 23.9. The number of nitrogens with zero attached hydrogens (tertiary/aromatic N) is 4. The zero-order valence-corrected chi connectivity index (χ0v) is 24.7. The van der Waals surface area contributed by atoms with Gasteiger partial charge in [0.2, 0.25) is 0 Å². The van der Waals surface area contributed by atoms with E-state index in [2.05, 4.69) is 12.1 Å². The van der Waals surface area contributed by atoms with Crippen LogP contribution in [-0.4, -0.2) is 26.9 Å². The molecule has 3 aromatic carbocycles. The predicted octanol–water partition coefficient (Wildman–Crippen LogP) is 5.27. The lowest BCUT2D eigenvalue weighted by atomic mass is 9.95. The molecule has 1 atom stereocenters. The van der Waals surface area contributed by atoms with Crippen molar-refractivity contribution in [1.82, 2.24) is 14.3 Å². The Kier molecular flexibility index (Phi) is 7.31. The van der Waals surface area contributed by atoms with Crippen LogP contribution in [0.15, 0.2) is 106 Å². The summed E-state index contributed by atoms with van der Waals surface area (Å²) < 4.78 is 9.37. The highest BCUT2D eigenvalue weighted by Crippen LogP contribution is 2.31. The van der Waals surface area contributed by atoms with Gasteiger partial charge in [0, 0.05) is 17.3 Å². The summed E-state index contributed by atoms with van der Waals surface area (Å²) in [5, 5.41) is 4.91. The summed E-state index contributed by atoms with van der Waals surface area (Å²) in [5.74, 6) is -0.468. The van der Waals surface area contributed by atoms with Crippen LogP contribution >= 0.6 is 11.3 Å². The number of para-hydroxylation sites is 1. The van der Waals surface area contributed by atoms with Crippen molar-refractivity contribution in [2.75, 3.05) is 6.61 Å². The molecule has 1 aliphatic heterocycles. The van der Waals surface area contributed by atoms with E-state index in [4.69, 9.17) is 14.8 Å². The molecular weight excluding hydrogens is 544 g/mol. The maximum atomic E-state index is 14.2. The van der Waals surface area contributed by atoms with Gasteiger partial charge in [0.05, 0.1) is 39.8 Å². The number of ether oxygens (including phenoxy) is 1. The molecule has 0 fully saturated rings. The second-order valence-electron chi connectivity index (χ2n) is 10.3. The number of allylic oxidation sites excluding steroid dienone is 1. The fourth-order valence-corrected chi connectivity index (χ4v) is 6.18. The van der Waals surface area contributed by atoms with Gasteiger partial charge in [-0.05, 0) is 51.5 Å². The van der Waals surface area contributed by atoms with Gasteiger partial charge < -0.3 is 4.74 Å². The highest BCUT2D eigenvalue weighted by molar-refractivity contribution is 7.07. The van der Waals surface area contributed by atoms with E-state index in [1.54, 1.807) is 18.4 Å². The van der Waals surface area contributed by atoms with Gasteiger partial charge in [-0.25, -0.2) is 14.5 Å². The maximum Gasteiger partial charge on any atom is 0.338 e. The molecular formula is C34H30N4O3S. The summed E-state index contributed by atoms with van der Waals surface area (Å²) in [6, 6.07) is 25.3. The molecule has 0 saturated heterocycles. The number of hydrogen-bond acceptors (Lipinski definition) is 6. The Morgan fingerprint density at radius 3 is 2.29 bits per heavy atom. The Morgan fingerprint density at radius 2 is 1.62 bits per heavy atom. The number of carbonyl (C=O) groups is 1. The number of hydrogen-bond donors (Lipinski definition) is 0. The summed E-state index contributed by atoms with van der Waals surface area (Å²) in [6.07, 6.45) is 3.82. The van der Waals surface area contributed by atoms with Gasteiger partial charge in [0.25, 0.3) is 5.56 Å². The van der Waals surface area contributed by atoms with Gasteiger partial charge in [0.1, 0.15) is 0 Å². The summed E-state index contributed by atoms with van der Waals surface area (Å²) in [6.45, 7) is 7.85. The lowest BCUT2D eigenvalue weighted by molar-refractivity contribution is -0.139. The largest absolute Gasteiger partial charge is 0.463 e. The van der Waals surface area contributed by atoms with Crippen LogP contribution in [0.2, 0.25) is 0 Å². The Morgan fingerprint density at radius 1 is 0.952 bits per heavy atom. The SMILES string of the molecule is CCOC(=O)C1=C(C)N=c2s/c(=C\c3cn(-c4ccccc4)nc3-c3ccc(C)cc3)c(=O)n2[C@H]1c1ccc(C)cc1. The van der Waals surface area contributed by atoms with Crippen molar-refractivity contribution in [2.45, 2.75) is 33.7 Å². The topological polar surface area (TPSA) is 78.5 Å². The molecule has 3 heterocycles. The first-order chi connectivity index (χ1) is 20.3. The predicted molar refractivity (Wildman–Crippen MR) is 165 cm³/mol. The molecule has 0 aliphatic carbocycles. The standard InChI is InChI=1S/C34H30N4O3S/c1-5-41-33(40)29-23(4)35-34-38(31(29)25-17-13-22(3)14-18-25)32(39)28(42-34)19-26-20-37(27-9-7-6-8-10-27)36-30(26)24-15-11-21(2)12-16-24/h6-20,31H,5H2,1-4H3/b28-19-/t31-/m0/s1. The minimum Gasteiger partial charge on any atom is -0.463 e. The molecule has 2 aromatic heterocycles. The van der Waals surface area contributed by atoms with Gasteiger partial charge in [-0.1, -0.05) is 89.2 Å². The van der Waals surface area contributed by atoms with Crippen molar-refractivity contribution in [2.24, 2.45) is 4.99 Å². The third-order valence-electron chi connectivity index (χ3n) is 7.28. The van der Waals surface area contributed by atoms with E-state index in [9.17, 15) is 9.59 Å². The second kappa shape index (κ2) is 11.2. The summed E-state index contributed by atoms with van der Waals surface area (Å²) >= 11 is 1.31. The monoisotopic (exact) mass is 574 g/mol. The van der Waals surface area contributed by atoms with Gasteiger partial charge >= 0.3 is 5.97 Å². The number of aromatic nitrogens is 3. The number of benzene rings is 3. The first-order valence-electron chi connectivity index (χ1n) is 13.8. The zero-order chi connectivity index (χ0) is 29.4. The maximum absolute atomic E-state index is 14.2. The van der Waals surface area contributed by atoms with E-state index in [0.717, 1.165) is 39.2 Å². The van der Waals surface area contributed by atoms with Crippen LogP contribution in [0.1, 0.15) is 42.1 Å². The van der Waals surface area contributed by atoms with Gasteiger partial charge in [-0.2, -0.15) is 5.10 Å². The highest BCUT2D eigenvalue weighted by Gasteiger charge is 2.33. The number of fused-ring (bicyclic) bond motifs is 1. The molecule has 5 aromatic rings. The molecule has 1 aliphatic rings. The molecule has 6 rings (SSSR count). The van der Waals surface area contributed by atoms with Crippen LogP contribution in [-0.2, 0) is 9.53 Å². The van der Waals surface area contributed by atoms with E-state index in [1.807, 2.05) is 97.5 Å². The Labute approximate surface area is 247 Å². The first kappa shape index (κ1) is 27.4. The van der Waals surface area contributed by atoms with E-state index in [-0.39, 0.29) is 12.2 Å². The summed E-state index contributed by atoms with van der Waals surface area (Å²) in [5.41, 5.74) is 7.20. The van der Waals surface area contributed by atoms with Crippen molar-refractivity contribution in [3.63, 3.8) is 0 Å². The first-order valence-corrected chi connectivity index (χ1v) is 14.6. The average Bonchev–Trinajstić information content (AvgIpc) is 3.54. The summed E-state index contributed by atoms with van der Waals surface area (Å²) in [4.78, 5) is 32.6. The van der Waals surface area contributed by atoms with E-state index >= 15 is 0 Å². The lowest BCUT2D eigenvalue weighted by Crippen LogP contribution is -2.39. The second-order valence-corrected chi connectivity index (χ2v) is 11.3. The smallest absolute Gasteiger partial charge is 0.338 e. The third kappa shape index (κ3) is 5.05. The van der Waals surface area contributed by atoms with Crippen molar-refractivity contribution < 1.29 is 9.53 Å². The number of thiazole rings is 1. The van der Waals surface area contributed by atoms with Crippen LogP contribution < -0.4 is 14.9 Å². The molecule has 0 saturated carbocycles. The van der Waals surface area contributed by atoms with Crippen molar-refractivity contribution in [1.29, 1.82) is 0 Å². The molecule has 8 heteroatoms. The lowest BCUT2D eigenvalue weighted by Gasteiger charge is -2.24. The highest BCUT2D eigenvalue weighted by atomic mass is 32.1. The van der Waals surface area contributed by atoms with E-state index < -0.39 is 12.0 Å². The van der Waals surface area contributed by atoms with Crippen LogP contribution in [0, 0.1) is 13.8 Å². The van der Waals surface area contributed by atoms with Gasteiger partial charge in [-0.3, -0.25) is 9.36 Å². The molecule has 0 bridgehead atoms. The Hall–Kier alpha value is -4.82. The van der Waals surface area contributed by atoms with Crippen molar-refractivity contribution >= 4 is 23.4 Å². The van der Waals surface area contributed by atoms with Crippen LogP contribution in [0.25, 0.3) is 23.0 Å². The van der Waals surface area contributed by atoms with Crippen LogP contribution in [0.5, 0.6) is 0 Å². The van der Waals surface area contributed by atoms with Crippen LogP contribution in [0.4, 0.5) is 0 Å². The molecule has 42 heavy (non-hydrogen) atoms. The van der Waals surface area contributed by atoms with E-state index in [1.165, 1.54) is 11.3 Å². The van der Waals surface area contributed by atoms with Crippen molar-refractivity contribution in [3.8, 4) is 16.9 Å². The number of rotatable bonds is 6.